The molecule has 0 saturated heterocycles. The third-order valence-electron chi connectivity index (χ3n) is 3.95. The van der Waals surface area contributed by atoms with Gasteiger partial charge >= 0.3 is 0 Å². The second kappa shape index (κ2) is 4.05. The van der Waals surface area contributed by atoms with Gasteiger partial charge in [-0.2, -0.15) is 0 Å². The summed E-state index contributed by atoms with van der Waals surface area (Å²) < 4.78 is 29.0. The van der Waals surface area contributed by atoms with Crippen LogP contribution >= 0.6 is 0 Å². The van der Waals surface area contributed by atoms with Crippen LogP contribution in [0.1, 0.15) is 18.9 Å². The topological polar surface area (TPSA) is 8.17 Å². The average Bonchev–Trinajstić information content (AvgIpc) is 2.58. The van der Waals surface area contributed by atoms with Gasteiger partial charge in [-0.15, -0.1) is 0 Å². The fourth-order valence-electron chi connectivity index (χ4n) is 2.89. The third-order valence-corrected chi connectivity index (χ3v) is 3.95. The van der Waals surface area contributed by atoms with Crippen molar-refractivity contribution in [3.8, 4) is 0 Å². The van der Waals surface area contributed by atoms with Gasteiger partial charge in [-0.25, -0.2) is 8.78 Å². The number of halogens is 2. The lowest BCUT2D eigenvalue weighted by molar-refractivity contribution is 0.116. The minimum atomic E-state index is -0.518. The highest BCUT2D eigenvalue weighted by atomic mass is 19.1. The molecule has 1 saturated carbocycles. The van der Waals surface area contributed by atoms with Crippen LogP contribution < -0.4 is 0 Å². The van der Waals surface area contributed by atoms with Crippen molar-refractivity contribution >= 4 is 10.9 Å². The highest BCUT2D eigenvalue weighted by molar-refractivity contribution is 5.81. The Bertz CT molecular complexity index is 589. The normalized spacial score (nSPS) is 23.6. The van der Waals surface area contributed by atoms with Crippen molar-refractivity contribution in [1.29, 1.82) is 0 Å². The van der Waals surface area contributed by atoms with Crippen molar-refractivity contribution in [2.24, 2.45) is 0 Å². The number of hydrogen-bond donors (Lipinski definition) is 0. The van der Waals surface area contributed by atoms with Crippen molar-refractivity contribution in [1.82, 2.24) is 9.47 Å². The minimum absolute atomic E-state index is 0.289. The molecule has 1 aliphatic rings. The molecule has 0 amide bonds. The van der Waals surface area contributed by atoms with Gasteiger partial charge in [0.1, 0.15) is 11.6 Å². The second-order valence-electron chi connectivity index (χ2n) is 5.22. The number of rotatable bonds is 2. The molecule has 2 aromatic rings. The van der Waals surface area contributed by atoms with E-state index in [2.05, 4.69) is 4.90 Å². The number of fused-ring (bicyclic) bond motifs is 1. The molecule has 0 aliphatic heterocycles. The summed E-state index contributed by atoms with van der Waals surface area (Å²) in [5.41, 5.74) is 0.521. The maximum absolute atomic E-state index is 13.9. The molecule has 2 unspecified atom stereocenters. The van der Waals surface area contributed by atoms with Gasteiger partial charge in [-0.05, 0) is 39.1 Å². The molecule has 2 atom stereocenters. The first kappa shape index (κ1) is 11.7. The zero-order valence-corrected chi connectivity index (χ0v) is 10.5. The van der Waals surface area contributed by atoms with Gasteiger partial charge in [0.2, 0.25) is 0 Å². The van der Waals surface area contributed by atoms with Crippen molar-refractivity contribution in [2.45, 2.75) is 24.9 Å². The van der Waals surface area contributed by atoms with Crippen LogP contribution in [0, 0.1) is 11.6 Å². The molecule has 0 bridgehead atoms. The molecule has 96 valence electrons. The average molecular weight is 250 g/mol. The van der Waals surface area contributed by atoms with Crippen molar-refractivity contribution in [2.75, 3.05) is 14.1 Å². The minimum Gasteiger partial charge on any atom is -0.340 e. The van der Waals surface area contributed by atoms with Crippen LogP contribution in [0.5, 0.6) is 0 Å². The molecular weight excluding hydrogens is 234 g/mol. The first-order chi connectivity index (χ1) is 8.58. The summed E-state index contributed by atoms with van der Waals surface area (Å²) in [6.45, 7) is 0. The molecule has 3 rings (SSSR count). The van der Waals surface area contributed by atoms with Crippen LogP contribution in [0.3, 0.4) is 0 Å². The third kappa shape index (κ3) is 1.63. The van der Waals surface area contributed by atoms with Crippen LogP contribution in [-0.2, 0) is 0 Å². The summed E-state index contributed by atoms with van der Waals surface area (Å²) in [4.78, 5) is 2.17. The molecule has 1 aromatic carbocycles. The molecule has 0 spiro atoms. The Morgan fingerprint density at radius 1 is 1.22 bits per heavy atom. The van der Waals surface area contributed by atoms with E-state index in [1.807, 2.05) is 24.9 Å². The molecule has 2 nitrogen and oxygen atoms in total. The molecular formula is C14H16F2N2. The van der Waals surface area contributed by atoms with Crippen molar-refractivity contribution in [3.05, 3.63) is 36.0 Å². The van der Waals surface area contributed by atoms with Crippen molar-refractivity contribution < 1.29 is 8.78 Å². The van der Waals surface area contributed by atoms with E-state index in [9.17, 15) is 8.78 Å². The van der Waals surface area contributed by atoms with Gasteiger partial charge in [-0.1, -0.05) is 0 Å². The first-order valence-electron chi connectivity index (χ1n) is 6.20. The largest absolute Gasteiger partial charge is 0.340 e. The Balaban J connectivity index is 2.08. The van der Waals surface area contributed by atoms with E-state index >= 15 is 0 Å². The maximum atomic E-state index is 13.9. The lowest BCUT2D eigenvalue weighted by atomic mass is 9.85. The van der Waals surface area contributed by atoms with Crippen LogP contribution in [0.25, 0.3) is 10.9 Å². The lowest BCUT2D eigenvalue weighted by Gasteiger charge is -2.42. The van der Waals surface area contributed by atoms with Crippen LogP contribution in [0.2, 0.25) is 0 Å². The predicted octanol–water partition coefficient (Wildman–Crippen LogP) is 3.18. The van der Waals surface area contributed by atoms with E-state index in [4.69, 9.17) is 0 Å². The summed E-state index contributed by atoms with van der Waals surface area (Å²) in [5, 5.41) is 0.636. The summed E-state index contributed by atoms with van der Waals surface area (Å²) in [6.07, 6.45) is 4.04. The fraction of sp³-hybridized carbons (Fsp3) is 0.429. The monoisotopic (exact) mass is 250 g/mol. The Hall–Kier alpha value is -1.42. The van der Waals surface area contributed by atoms with E-state index in [1.165, 1.54) is 6.07 Å². The quantitative estimate of drug-likeness (QED) is 0.794. The van der Waals surface area contributed by atoms with E-state index in [-0.39, 0.29) is 6.04 Å². The number of likely N-dealkylation sites (N-methyl/N-ethyl adjacent to an activating group) is 1. The van der Waals surface area contributed by atoms with E-state index in [0.29, 0.717) is 16.9 Å². The van der Waals surface area contributed by atoms with Crippen molar-refractivity contribution in [3.63, 3.8) is 0 Å². The molecule has 1 fully saturated rings. The number of nitrogens with zero attached hydrogens (tertiary/aromatic N) is 2. The van der Waals surface area contributed by atoms with Gasteiger partial charge < -0.3 is 9.47 Å². The van der Waals surface area contributed by atoms with E-state index in [0.717, 1.165) is 18.9 Å². The van der Waals surface area contributed by atoms with Gasteiger partial charge in [0, 0.05) is 29.7 Å². The van der Waals surface area contributed by atoms with E-state index in [1.54, 1.807) is 6.07 Å². The first-order valence-corrected chi connectivity index (χ1v) is 6.20. The maximum Gasteiger partial charge on any atom is 0.150 e. The fourth-order valence-corrected chi connectivity index (χ4v) is 2.89. The summed E-state index contributed by atoms with van der Waals surface area (Å²) in [6, 6.07) is 4.86. The number of hydrogen-bond acceptors (Lipinski definition) is 1. The summed E-state index contributed by atoms with van der Waals surface area (Å²) in [5.74, 6) is -0.991. The van der Waals surface area contributed by atoms with Gasteiger partial charge in [0.25, 0.3) is 0 Å². The zero-order valence-electron chi connectivity index (χ0n) is 10.5. The highest BCUT2D eigenvalue weighted by Gasteiger charge is 2.34. The predicted molar refractivity (Wildman–Crippen MR) is 67.6 cm³/mol. The molecule has 1 aliphatic carbocycles. The number of aromatic nitrogens is 1. The molecule has 1 aromatic heterocycles. The summed E-state index contributed by atoms with van der Waals surface area (Å²) >= 11 is 0. The van der Waals surface area contributed by atoms with Crippen LogP contribution in [0.4, 0.5) is 8.78 Å². The van der Waals surface area contributed by atoms with Gasteiger partial charge in [0.15, 0.2) is 0 Å². The molecule has 0 radical (unpaired) electrons. The zero-order chi connectivity index (χ0) is 12.9. The molecule has 18 heavy (non-hydrogen) atoms. The van der Waals surface area contributed by atoms with Gasteiger partial charge in [-0.3, -0.25) is 0 Å². The molecule has 1 heterocycles. The Labute approximate surface area is 105 Å². The SMILES string of the molecule is CN(C)C1CCC1n1ccc2cc(F)cc(F)c21. The van der Waals surface area contributed by atoms with Gasteiger partial charge in [0.05, 0.1) is 5.52 Å². The lowest BCUT2D eigenvalue weighted by Crippen LogP contribution is -2.44. The Kier molecular flexibility index (Phi) is 2.63. The standard InChI is InChI=1S/C14H16F2N2/c1-17(2)12-3-4-13(12)18-6-5-9-7-10(15)8-11(16)14(9)18/h5-8,12-13H,3-4H2,1-2H3. The molecule has 4 heteroatoms. The van der Waals surface area contributed by atoms with E-state index < -0.39 is 11.6 Å². The Morgan fingerprint density at radius 3 is 2.61 bits per heavy atom. The smallest absolute Gasteiger partial charge is 0.150 e. The number of benzene rings is 1. The Morgan fingerprint density at radius 2 is 2.00 bits per heavy atom. The summed E-state index contributed by atoms with van der Waals surface area (Å²) in [7, 11) is 4.08. The van der Waals surface area contributed by atoms with Crippen LogP contribution in [-0.4, -0.2) is 29.6 Å². The van der Waals surface area contributed by atoms with Crippen LogP contribution in [0.15, 0.2) is 24.4 Å². The second-order valence-corrected chi connectivity index (χ2v) is 5.22. The highest BCUT2D eigenvalue weighted by Crippen LogP contribution is 2.38. The molecule has 0 N–H and O–H groups in total.